The van der Waals surface area contributed by atoms with E-state index in [9.17, 15) is 8.42 Å². The molecule has 1 saturated heterocycles. The lowest BCUT2D eigenvalue weighted by molar-refractivity contribution is 0.398. The SMILES string of the molecule is CNCC(c1ccccc1)C1CCCS(=O)(=O)C1. The second-order valence-corrected chi connectivity index (χ2v) is 7.32. The third-order valence-electron chi connectivity index (χ3n) is 3.72. The van der Waals surface area contributed by atoms with Crippen molar-refractivity contribution < 1.29 is 8.42 Å². The van der Waals surface area contributed by atoms with E-state index in [4.69, 9.17) is 0 Å². The summed E-state index contributed by atoms with van der Waals surface area (Å²) in [7, 11) is -0.907. The van der Waals surface area contributed by atoms with Crippen LogP contribution in [0.25, 0.3) is 0 Å². The van der Waals surface area contributed by atoms with Crippen LogP contribution < -0.4 is 5.32 Å². The number of nitrogens with one attached hydrogen (secondary N) is 1. The Kier molecular flexibility index (Phi) is 4.40. The molecule has 0 spiro atoms. The van der Waals surface area contributed by atoms with Gasteiger partial charge in [-0.25, -0.2) is 8.42 Å². The molecule has 1 aliphatic heterocycles. The van der Waals surface area contributed by atoms with E-state index in [-0.39, 0.29) is 5.92 Å². The summed E-state index contributed by atoms with van der Waals surface area (Å²) in [5.74, 6) is 1.25. The monoisotopic (exact) mass is 267 g/mol. The number of sulfone groups is 1. The minimum absolute atomic E-state index is 0.249. The second kappa shape index (κ2) is 5.85. The van der Waals surface area contributed by atoms with Crippen molar-refractivity contribution in [1.82, 2.24) is 5.32 Å². The van der Waals surface area contributed by atoms with E-state index < -0.39 is 9.84 Å². The number of benzene rings is 1. The molecule has 2 rings (SSSR count). The van der Waals surface area contributed by atoms with Crippen LogP contribution in [0.3, 0.4) is 0 Å². The maximum absolute atomic E-state index is 11.8. The average molecular weight is 267 g/mol. The molecule has 3 nitrogen and oxygen atoms in total. The van der Waals surface area contributed by atoms with Crippen molar-refractivity contribution in [3.05, 3.63) is 35.9 Å². The topological polar surface area (TPSA) is 46.2 Å². The molecule has 0 aliphatic carbocycles. The lowest BCUT2D eigenvalue weighted by atomic mass is 9.84. The predicted molar refractivity (Wildman–Crippen MR) is 74.5 cm³/mol. The molecule has 0 radical (unpaired) electrons. The number of hydrogen-bond donors (Lipinski definition) is 1. The molecule has 0 saturated carbocycles. The summed E-state index contributed by atoms with van der Waals surface area (Å²) >= 11 is 0. The van der Waals surface area contributed by atoms with Gasteiger partial charge in [-0.05, 0) is 31.4 Å². The van der Waals surface area contributed by atoms with Gasteiger partial charge >= 0.3 is 0 Å². The van der Waals surface area contributed by atoms with Gasteiger partial charge in [0.1, 0.15) is 0 Å². The van der Waals surface area contributed by atoms with Crippen molar-refractivity contribution in [3.63, 3.8) is 0 Å². The molecule has 1 aromatic rings. The molecule has 1 heterocycles. The van der Waals surface area contributed by atoms with Crippen LogP contribution in [0.15, 0.2) is 30.3 Å². The van der Waals surface area contributed by atoms with Crippen LogP contribution in [0.4, 0.5) is 0 Å². The van der Waals surface area contributed by atoms with Gasteiger partial charge in [0.05, 0.1) is 11.5 Å². The van der Waals surface area contributed by atoms with Gasteiger partial charge < -0.3 is 5.32 Å². The van der Waals surface area contributed by atoms with Crippen molar-refractivity contribution in [2.75, 3.05) is 25.1 Å². The highest BCUT2D eigenvalue weighted by Crippen LogP contribution is 2.32. The largest absolute Gasteiger partial charge is 0.319 e. The Morgan fingerprint density at radius 2 is 2.06 bits per heavy atom. The highest BCUT2D eigenvalue weighted by molar-refractivity contribution is 7.91. The van der Waals surface area contributed by atoms with Crippen LogP contribution >= 0.6 is 0 Å². The number of hydrogen-bond acceptors (Lipinski definition) is 3. The van der Waals surface area contributed by atoms with Crippen LogP contribution in [0.5, 0.6) is 0 Å². The smallest absolute Gasteiger partial charge is 0.150 e. The molecule has 1 N–H and O–H groups in total. The lowest BCUT2D eigenvalue weighted by Gasteiger charge is -2.30. The van der Waals surface area contributed by atoms with Crippen molar-refractivity contribution in [2.24, 2.45) is 5.92 Å². The van der Waals surface area contributed by atoms with Gasteiger partial charge in [0.15, 0.2) is 9.84 Å². The van der Waals surface area contributed by atoms with E-state index in [0.29, 0.717) is 17.4 Å². The van der Waals surface area contributed by atoms with Crippen LogP contribution in [-0.2, 0) is 9.84 Å². The molecule has 1 aliphatic rings. The first-order chi connectivity index (χ1) is 8.62. The van der Waals surface area contributed by atoms with Gasteiger partial charge in [-0.3, -0.25) is 0 Å². The Hall–Kier alpha value is -0.870. The van der Waals surface area contributed by atoms with Crippen molar-refractivity contribution in [2.45, 2.75) is 18.8 Å². The van der Waals surface area contributed by atoms with Crippen molar-refractivity contribution in [3.8, 4) is 0 Å². The maximum Gasteiger partial charge on any atom is 0.150 e. The summed E-state index contributed by atoms with van der Waals surface area (Å²) in [6.07, 6.45) is 1.82. The van der Waals surface area contributed by atoms with Gasteiger partial charge in [0, 0.05) is 12.5 Å². The van der Waals surface area contributed by atoms with Gasteiger partial charge in [-0.1, -0.05) is 30.3 Å². The fourth-order valence-electron chi connectivity index (χ4n) is 2.85. The Balaban J connectivity index is 2.20. The molecule has 0 amide bonds. The van der Waals surface area contributed by atoms with E-state index in [1.807, 2.05) is 25.2 Å². The average Bonchev–Trinajstić information content (AvgIpc) is 2.36. The first kappa shape index (κ1) is 13.6. The van der Waals surface area contributed by atoms with Crippen molar-refractivity contribution in [1.29, 1.82) is 0 Å². The zero-order chi connectivity index (χ0) is 13.0. The molecule has 100 valence electrons. The molecule has 4 heteroatoms. The third kappa shape index (κ3) is 3.33. The van der Waals surface area contributed by atoms with Gasteiger partial charge in [0.2, 0.25) is 0 Å². The van der Waals surface area contributed by atoms with Crippen molar-refractivity contribution >= 4 is 9.84 Å². The molecular weight excluding hydrogens is 246 g/mol. The number of rotatable bonds is 4. The van der Waals surface area contributed by atoms with Gasteiger partial charge in [-0.2, -0.15) is 0 Å². The minimum atomic E-state index is -2.83. The normalized spacial score (nSPS) is 24.6. The summed E-state index contributed by atoms with van der Waals surface area (Å²) in [6, 6.07) is 10.2. The Bertz CT molecular complexity index is 470. The van der Waals surface area contributed by atoms with Gasteiger partial charge in [0.25, 0.3) is 0 Å². The van der Waals surface area contributed by atoms with E-state index >= 15 is 0 Å². The van der Waals surface area contributed by atoms with E-state index in [1.165, 1.54) is 5.56 Å². The van der Waals surface area contributed by atoms with E-state index in [0.717, 1.165) is 19.4 Å². The van der Waals surface area contributed by atoms with Gasteiger partial charge in [-0.15, -0.1) is 0 Å². The Morgan fingerprint density at radius 1 is 1.33 bits per heavy atom. The first-order valence-electron chi connectivity index (χ1n) is 6.52. The van der Waals surface area contributed by atoms with Crippen LogP contribution in [0, 0.1) is 5.92 Å². The molecule has 2 unspecified atom stereocenters. The third-order valence-corrected chi connectivity index (χ3v) is 5.57. The van der Waals surface area contributed by atoms with Crippen LogP contribution in [0.1, 0.15) is 24.3 Å². The fraction of sp³-hybridized carbons (Fsp3) is 0.571. The summed E-state index contributed by atoms with van der Waals surface area (Å²) in [4.78, 5) is 0. The molecule has 2 atom stereocenters. The molecule has 0 bridgehead atoms. The first-order valence-corrected chi connectivity index (χ1v) is 8.34. The Labute approximate surface area is 110 Å². The second-order valence-electron chi connectivity index (χ2n) is 5.09. The summed E-state index contributed by atoms with van der Waals surface area (Å²) in [5.41, 5.74) is 1.24. The molecule has 1 fully saturated rings. The zero-order valence-electron chi connectivity index (χ0n) is 10.8. The van der Waals surface area contributed by atoms with Crippen LogP contribution in [0.2, 0.25) is 0 Å². The Morgan fingerprint density at radius 3 is 2.67 bits per heavy atom. The maximum atomic E-state index is 11.8. The molecule has 18 heavy (non-hydrogen) atoms. The summed E-state index contributed by atoms with van der Waals surface area (Å²) in [5, 5.41) is 3.20. The predicted octanol–water partition coefficient (Wildman–Crippen LogP) is 1.81. The lowest BCUT2D eigenvalue weighted by Crippen LogP contribution is -2.33. The molecule has 1 aromatic carbocycles. The summed E-state index contributed by atoms with van der Waals surface area (Å²) < 4.78 is 23.6. The minimum Gasteiger partial charge on any atom is -0.319 e. The highest BCUT2D eigenvalue weighted by Gasteiger charge is 2.31. The zero-order valence-corrected chi connectivity index (χ0v) is 11.6. The summed E-state index contributed by atoms with van der Waals surface area (Å²) in [6.45, 7) is 0.837. The molecular formula is C14H21NO2S. The fourth-order valence-corrected chi connectivity index (χ4v) is 4.68. The van der Waals surface area contributed by atoms with Crippen LogP contribution in [-0.4, -0.2) is 33.5 Å². The standard InChI is InChI=1S/C14H21NO2S/c1-15-10-14(12-6-3-2-4-7-12)13-8-5-9-18(16,17)11-13/h2-4,6-7,13-15H,5,8-11H2,1H3. The quantitative estimate of drug-likeness (QED) is 0.905. The van der Waals surface area contributed by atoms with E-state index in [2.05, 4.69) is 17.4 Å². The number of likely N-dealkylation sites (N-methyl/N-ethyl adjacent to an activating group) is 1. The highest BCUT2D eigenvalue weighted by atomic mass is 32.2. The molecule has 0 aromatic heterocycles. The van der Waals surface area contributed by atoms with E-state index in [1.54, 1.807) is 0 Å².